The highest BCUT2D eigenvalue weighted by Gasteiger charge is 2.50. The van der Waals surface area contributed by atoms with Crippen LogP contribution in [-0.4, -0.2) is 31.8 Å². The summed E-state index contributed by atoms with van der Waals surface area (Å²) in [7, 11) is 0. The van der Waals surface area contributed by atoms with Gasteiger partial charge in [0.25, 0.3) is 0 Å². The van der Waals surface area contributed by atoms with Crippen LogP contribution in [0.25, 0.3) is 16.5 Å². The van der Waals surface area contributed by atoms with Crippen molar-refractivity contribution in [3.05, 3.63) is 88.2 Å². The van der Waals surface area contributed by atoms with Crippen LogP contribution in [0.4, 0.5) is 9.18 Å². The van der Waals surface area contributed by atoms with E-state index in [-0.39, 0.29) is 24.2 Å². The Balaban J connectivity index is 1.41. The van der Waals surface area contributed by atoms with E-state index in [0.29, 0.717) is 34.1 Å². The molecule has 1 fully saturated rings. The number of ether oxygens (including phenoxy) is 1. The van der Waals surface area contributed by atoms with E-state index >= 15 is 0 Å². The summed E-state index contributed by atoms with van der Waals surface area (Å²) in [6, 6.07) is 16.9. The van der Waals surface area contributed by atoms with E-state index in [4.69, 9.17) is 4.74 Å². The molecule has 3 aromatic carbocycles. The van der Waals surface area contributed by atoms with Gasteiger partial charge >= 0.3 is 11.8 Å². The van der Waals surface area contributed by atoms with Gasteiger partial charge in [-0.25, -0.2) is 18.5 Å². The first-order chi connectivity index (χ1) is 16.5. The first-order valence-electron chi connectivity index (χ1n) is 10.7. The number of nitriles is 1. The normalized spacial score (nSPS) is 18.2. The van der Waals surface area contributed by atoms with Crippen LogP contribution in [0, 0.1) is 17.1 Å². The number of fused-ring (bicyclic) bond motifs is 6. The summed E-state index contributed by atoms with van der Waals surface area (Å²) in [5.74, 6) is -0.477. The molecular formula is C25H17FN4O4. The van der Waals surface area contributed by atoms with Gasteiger partial charge < -0.3 is 9.84 Å². The summed E-state index contributed by atoms with van der Waals surface area (Å²) in [6.07, 6.45) is -0.139. The zero-order chi connectivity index (χ0) is 23.6. The molecule has 2 unspecified atom stereocenters. The number of nitrogens with zero attached hydrogens (tertiary/aromatic N) is 4. The van der Waals surface area contributed by atoms with Gasteiger partial charge in [-0.2, -0.15) is 5.26 Å². The smallest absolute Gasteiger partial charge is 0.415 e. The lowest BCUT2D eigenvalue weighted by molar-refractivity contribution is 0.140. The molecule has 34 heavy (non-hydrogen) atoms. The third-order valence-corrected chi connectivity index (χ3v) is 6.57. The summed E-state index contributed by atoms with van der Waals surface area (Å²) < 4.78 is 21.3. The van der Waals surface area contributed by atoms with Crippen molar-refractivity contribution < 1.29 is 19.0 Å². The van der Waals surface area contributed by atoms with E-state index in [2.05, 4.69) is 6.07 Å². The summed E-state index contributed by atoms with van der Waals surface area (Å²) in [6.45, 7) is 0.259. The van der Waals surface area contributed by atoms with Gasteiger partial charge in [-0.15, -0.1) is 0 Å². The predicted octanol–water partition coefficient (Wildman–Crippen LogP) is 4.01. The van der Waals surface area contributed by atoms with Gasteiger partial charge in [0, 0.05) is 17.3 Å². The summed E-state index contributed by atoms with van der Waals surface area (Å²) in [5.41, 5.74) is 0.874. The Morgan fingerprint density at radius 3 is 2.56 bits per heavy atom. The van der Waals surface area contributed by atoms with Gasteiger partial charge in [0.15, 0.2) is 0 Å². The number of aromatic nitrogens is 2. The number of carbonyl (C=O) groups excluding carboxylic acids is 1. The van der Waals surface area contributed by atoms with Crippen LogP contribution >= 0.6 is 0 Å². The Bertz CT molecular complexity index is 1580. The lowest BCUT2D eigenvalue weighted by atomic mass is 10.0. The molecule has 4 aromatic rings. The second-order valence-electron chi connectivity index (χ2n) is 8.37. The fourth-order valence-electron chi connectivity index (χ4n) is 5.10. The van der Waals surface area contributed by atoms with Crippen LogP contribution in [-0.2, 0) is 0 Å². The van der Waals surface area contributed by atoms with E-state index in [1.807, 2.05) is 0 Å². The van der Waals surface area contributed by atoms with Crippen molar-refractivity contribution in [2.75, 3.05) is 6.54 Å². The maximum atomic E-state index is 13.4. The quantitative estimate of drug-likeness (QED) is 0.491. The van der Waals surface area contributed by atoms with Crippen molar-refractivity contribution in [2.45, 2.75) is 18.5 Å². The molecule has 1 N–H and O–H groups in total. The van der Waals surface area contributed by atoms with Gasteiger partial charge in [-0.05, 0) is 42.8 Å². The summed E-state index contributed by atoms with van der Waals surface area (Å²) in [5, 5.41) is 21.9. The van der Waals surface area contributed by atoms with Gasteiger partial charge in [0.05, 0.1) is 29.4 Å². The third-order valence-electron chi connectivity index (χ3n) is 6.57. The molecule has 2 aliphatic heterocycles. The number of halogens is 1. The van der Waals surface area contributed by atoms with Crippen LogP contribution in [0.2, 0.25) is 0 Å². The summed E-state index contributed by atoms with van der Waals surface area (Å²) in [4.78, 5) is 27.7. The largest absolute Gasteiger partial charge is 0.493 e. The van der Waals surface area contributed by atoms with E-state index in [9.17, 15) is 24.3 Å². The highest BCUT2D eigenvalue weighted by molar-refractivity contribution is 5.94. The molecule has 1 amide bonds. The van der Waals surface area contributed by atoms with E-state index < -0.39 is 23.6 Å². The van der Waals surface area contributed by atoms with Crippen molar-refractivity contribution in [1.82, 2.24) is 14.0 Å². The number of rotatable bonds is 2. The van der Waals surface area contributed by atoms with E-state index in [0.717, 1.165) is 0 Å². The fourth-order valence-corrected chi connectivity index (χ4v) is 5.10. The van der Waals surface area contributed by atoms with Crippen LogP contribution in [0.3, 0.4) is 0 Å². The fraction of sp³-hybridized carbons (Fsp3) is 0.160. The average Bonchev–Trinajstić information content (AvgIpc) is 3.51. The molecule has 2 bridgehead atoms. The number of hydrogen-bond donors (Lipinski definition) is 1. The van der Waals surface area contributed by atoms with Crippen LogP contribution in [0.15, 0.2) is 65.5 Å². The van der Waals surface area contributed by atoms with E-state index in [1.54, 1.807) is 36.4 Å². The maximum absolute atomic E-state index is 13.4. The Morgan fingerprint density at radius 2 is 1.82 bits per heavy atom. The van der Waals surface area contributed by atoms with Gasteiger partial charge in [-0.1, -0.05) is 24.3 Å². The molecule has 9 heteroatoms. The standard InChI is InChI=1S/C25H17FN4O4/c26-15-6-8-17(9-7-15)34-25(33)28-13-16-11-21(28)22-23(31)30(24(32)29(16)22)20-10-5-14(12-27)18-3-1-2-4-19(18)20/h1-10,16,21,31H,11,13H2. The van der Waals surface area contributed by atoms with Crippen molar-refractivity contribution in [1.29, 1.82) is 5.26 Å². The Morgan fingerprint density at radius 1 is 1.09 bits per heavy atom. The molecule has 8 nitrogen and oxygen atoms in total. The Labute approximate surface area is 192 Å². The molecule has 2 atom stereocenters. The van der Waals surface area contributed by atoms with Gasteiger partial charge in [0.1, 0.15) is 17.3 Å². The number of imidazole rings is 1. The second-order valence-corrected chi connectivity index (χ2v) is 8.37. The molecule has 1 saturated heterocycles. The monoisotopic (exact) mass is 456 g/mol. The number of aromatic hydroxyl groups is 1. The number of carbonyl (C=O) groups is 1. The first-order valence-corrected chi connectivity index (χ1v) is 10.7. The van der Waals surface area contributed by atoms with Crippen molar-refractivity contribution in [3.8, 4) is 23.4 Å². The SMILES string of the molecule is N#Cc1ccc(-n2c(O)c3n(c2=O)C2CC3N(C(=O)Oc3ccc(F)cc3)C2)c2ccccc12. The maximum Gasteiger partial charge on any atom is 0.415 e. The summed E-state index contributed by atoms with van der Waals surface area (Å²) >= 11 is 0. The lowest BCUT2D eigenvalue weighted by Gasteiger charge is -2.26. The molecule has 3 heterocycles. The molecule has 168 valence electrons. The van der Waals surface area contributed by atoms with Crippen molar-refractivity contribution >= 4 is 16.9 Å². The zero-order valence-corrected chi connectivity index (χ0v) is 17.7. The second kappa shape index (κ2) is 7.22. The topological polar surface area (TPSA) is 100 Å². The molecule has 2 aliphatic rings. The minimum absolute atomic E-state index is 0.206. The molecule has 0 radical (unpaired) electrons. The number of likely N-dealkylation sites (tertiary alicyclic amines) is 1. The minimum atomic E-state index is -0.631. The zero-order valence-electron chi connectivity index (χ0n) is 17.7. The highest BCUT2D eigenvalue weighted by Crippen LogP contribution is 2.49. The van der Waals surface area contributed by atoms with Gasteiger partial charge in [-0.3, -0.25) is 9.47 Å². The molecule has 6 rings (SSSR count). The number of hydrogen-bond acceptors (Lipinski definition) is 5. The third kappa shape index (κ3) is 2.75. The number of amides is 1. The van der Waals surface area contributed by atoms with Crippen LogP contribution in [0.1, 0.15) is 29.8 Å². The van der Waals surface area contributed by atoms with Crippen LogP contribution in [0.5, 0.6) is 11.6 Å². The molecule has 0 spiro atoms. The Hall–Kier alpha value is -4.58. The van der Waals surface area contributed by atoms with Crippen LogP contribution < -0.4 is 10.4 Å². The lowest BCUT2D eigenvalue weighted by Crippen LogP contribution is -2.39. The van der Waals surface area contributed by atoms with E-state index in [1.165, 1.54) is 38.3 Å². The molecule has 0 aliphatic carbocycles. The first kappa shape index (κ1) is 20.1. The minimum Gasteiger partial charge on any atom is -0.493 e. The Kier molecular flexibility index (Phi) is 4.26. The van der Waals surface area contributed by atoms with Crippen molar-refractivity contribution in [2.24, 2.45) is 0 Å². The van der Waals surface area contributed by atoms with Gasteiger partial charge in [0.2, 0.25) is 5.88 Å². The predicted molar refractivity (Wildman–Crippen MR) is 119 cm³/mol. The molecule has 1 aromatic heterocycles. The average molecular weight is 456 g/mol. The van der Waals surface area contributed by atoms with Crippen molar-refractivity contribution in [3.63, 3.8) is 0 Å². The number of benzene rings is 3. The molecule has 0 saturated carbocycles. The highest BCUT2D eigenvalue weighted by atomic mass is 19.1. The molecular weight excluding hydrogens is 439 g/mol.